The number of aliphatic hydroxyl groups excluding tert-OH is 2. The molecule has 0 aromatic heterocycles. The summed E-state index contributed by atoms with van der Waals surface area (Å²) in [6, 6.07) is 16.2. The monoisotopic (exact) mass is 384 g/mol. The normalized spacial score (nSPS) is 26.5. The van der Waals surface area contributed by atoms with Gasteiger partial charge in [0.1, 0.15) is 24.9 Å². The average molecular weight is 384 g/mol. The van der Waals surface area contributed by atoms with Crippen LogP contribution in [0.25, 0.3) is 0 Å². The summed E-state index contributed by atoms with van der Waals surface area (Å²) in [7, 11) is 0. The van der Waals surface area contributed by atoms with Gasteiger partial charge in [0.15, 0.2) is 5.60 Å². The van der Waals surface area contributed by atoms with Crippen molar-refractivity contribution in [2.24, 2.45) is 0 Å². The van der Waals surface area contributed by atoms with Crippen molar-refractivity contribution in [3.05, 3.63) is 83.9 Å². The maximum Gasteiger partial charge on any atom is 0.338 e. The summed E-state index contributed by atoms with van der Waals surface area (Å²) in [6.45, 7) is -0.688. The van der Waals surface area contributed by atoms with Crippen LogP contribution in [0.15, 0.2) is 72.8 Å². The molecule has 28 heavy (non-hydrogen) atoms. The summed E-state index contributed by atoms with van der Waals surface area (Å²) in [5.41, 5.74) is -1.71. The Morgan fingerprint density at radius 3 is 1.96 bits per heavy atom. The van der Waals surface area contributed by atoms with Gasteiger partial charge in [0.25, 0.3) is 0 Å². The Morgan fingerprint density at radius 2 is 1.39 bits per heavy atom. The van der Waals surface area contributed by atoms with E-state index in [9.17, 15) is 24.9 Å². The standard InChI is InChI=1S/C21H20O7/c22-17-12-11-16(28-20(25)15-9-5-2-6-10-15)18(23)21(17,26)13-27-19(24)14-7-3-1-4-8-14/h1-12,16-18,22-23,26H,13H2/t16-,17+,18+,21-/m0/s1. The van der Waals surface area contributed by atoms with E-state index in [2.05, 4.69) is 0 Å². The Balaban J connectivity index is 1.69. The second-order valence-electron chi connectivity index (χ2n) is 6.44. The van der Waals surface area contributed by atoms with E-state index < -0.39 is 42.5 Å². The van der Waals surface area contributed by atoms with Gasteiger partial charge in [-0.1, -0.05) is 42.5 Å². The van der Waals surface area contributed by atoms with Gasteiger partial charge in [0.2, 0.25) is 0 Å². The van der Waals surface area contributed by atoms with Crippen LogP contribution < -0.4 is 0 Å². The largest absolute Gasteiger partial charge is 0.459 e. The van der Waals surface area contributed by atoms with Crippen molar-refractivity contribution >= 4 is 11.9 Å². The molecule has 0 fully saturated rings. The zero-order valence-corrected chi connectivity index (χ0v) is 14.8. The van der Waals surface area contributed by atoms with Crippen LogP contribution in [0.1, 0.15) is 20.7 Å². The molecule has 2 aromatic rings. The number of esters is 2. The first-order valence-corrected chi connectivity index (χ1v) is 8.67. The van der Waals surface area contributed by atoms with Crippen molar-refractivity contribution in [3.63, 3.8) is 0 Å². The van der Waals surface area contributed by atoms with Gasteiger partial charge in [0.05, 0.1) is 11.1 Å². The fraction of sp³-hybridized carbons (Fsp3) is 0.238. The molecule has 0 radical (unpaired) electrons. The van der Waals surface area contributed by atoms with Crippen LogP contribution in [0.5, 0.6) is 0 Å². The van der Waals surface area contributed by atoms with Gasteiger partial charge in [0, 0.05) is 0 Å². The van der Waals surface area contributed by atoms with E-state index in [1.807, 2.05) is 0 Å². The van der Waals surface area contributed by atoms with Crippen LogP contribution in [0.4, 0.5) is 0 Å². The molecule has 0 saturated carbocycles. The van der Waals surface area contributed by atoms with Gasteiger partial charge >= 0.3 is 11.9 Å². The van der Waals surface area contributed by atoms with Crippen LogP contribution in [0.2, 0.25) is 0 Å². The van der Waals surface area contributed by atoms with Crippen molar-refractivity contribution in [3.8, 4) is 0 Å². The zero-order chi connectivity index (χ0) is 20.1. The summed E-state index contributed by atoms with van der Waals surface area (Å²) in [4.78, 5) is 24.3. The number of ether oxygens (including phenoxy) is 2. The van der Waals surface area contributed by atoms with E-state index in [0.29, 0.717) is 0 Å². The highest BCUT2D eigenvalue weighted by atomic mass is 16.6. The molecule has 0 aliphatic heterocycles. The van der Waals surface area contributed by atoms with Gasteiger partial charge in [-0.25, -0.2) is 9.59 Å². The number of hydrogen-bond acceptors (Lipinski definition) is 7. The summed E-state index contributed by atoms with van der Waals surface area (Å²) >= 11 is 0. The summed E-state index contributed by atoms with van der Waals surface area (Å²) in [5.74, 6) is -1.42. The van der Waals surface area contributed by atoms with Crippen molar-refractivity contribution < 1.29 is 34.4 Å². The predicted molar refractivity (Wildman–Crippen MR) is 98.5 cm³/mol. The molecule has 3 N–H and O–H groups in total. The molecule has 146 valence electrons. The maximum atomic E-state index is 12.2. The first kappa shape index (κ1) is 19.8. The van der Waals surface area contributed by atoms with E-state index in [1.165, 1.54) is 24.3 Å². The zero-order valence-electron chi connectivity index (χ0n) is 14.8. The third-order valence-electron chi connectivity index (χ3n) is 4.52. The molecule has 0 unspecified atom stereocenters. The minimum atomic E-state index is -2.24. The highest BCUT2D eigenvalue weighted by Crippen LogP contribution is 2.28. The SMILES string of the molecule is O=C(OC[C@]1(O)[C@H](O)C=C[C@H](OC(=O)c2ccccc2)[C@H]1O)c1ccccc1. The van der Waals surface area contributed by atoms with E-state index in [1.54, 1.807) is 48.5 Å². The minimum absolute atomic E-state index is 0.258. The number of carbonyl (C=O) groups is 2. The Hall–Kier alpha value is -3.00. The van der Waals surface area contributed by atoms with Crippen LogP contribution in [0.3, 0.4) is 0 Å². The van der Waals surface area contributed by atoms with Gasteiger partial charge in [-0.05, 0) is 30.3 Å². The molecular formula is C21H20O7. The number of aliphatic hydroxyl groups is 3. The molecule has 4 atom stereocenters. The molecule has 0 saturated heterocycles. The number of benzene rings is 2. The van der Waals surface area contributed by atoms with Crippen molar-refractivity contribution in [1.29, 1.82) is 0 Å². The third-order valence-corrected chi connectivity index (χ3v) is 4.52. The Morgan fingerprint density at radius 1 is 0.857 bits per heavy atom. The Bertz CT molecular complexity index is 850. The molecule has 0 bridgehead atoms. The maximum absolute atomic E-state index is 12.2. The third kappa shape index (κ3) is 4.12. The summed E-state index contributed by atoms with van der Waals surface area (Å²) in [6.07, 6.45) is -1.98. The molecule has 1 aliphatic rings. The van der Waals surface area contributed by atoms with Crippen LogP contribution in [-0.4, -0.2) is 57.8 Å². The summed E-state index contributed by atoms with van der Waals surface area (Å²) < 4.78 is 10.3. The number of hydrogen-bond donors (Lipinski definition) is 3. The summed E-state index contributed by atoms with van der Waals surface area (Å²) in [5, 5.41) is 31.4. The first-order valence-electron chi connectivity index (χ1n) is 8.67. The lowest BCUT2D eigenvalue weighted by molar-refractivity contribution is -0.183. The van der Waals surface area contributed by atoms with E-state index in [4.69, 9.17) is 9.47 Å². The molecule has 3 rings (SSSR count). The Labute approximate surface area is 161 Å². The van der Waals surface area contributed by atoms with E-state index in [0.717, 1.165) is 0 Å². The van der Waals surface area contributed by atoms with E-state index in [-0.39, 0.29) is 11.1 Å². The predicted octanol–water partition coefficient (Wildman–Crippen LogP) is 1.09. The lowest BCUT2D eigenvalue weighted by Gasteiger charge is -2.40. The smallest absolute Gasteiger partial charge is 0.338 e. The molecule has 0 heterocycles. The molecule has 0 spiro atoms. The second kappa shape index (κ2) is 8.35. The van der Waals surface area contributed by atoms with Crippen molar-refractivity contribution in [2.75, 3.05) is 6.61 Å². The molecule has 0 amide bonds. The molecule has 7 nitrogen and oxygen atoms in total. The lowest BCUT2D eigenvalue weighted by atomic mass is 9.83. The fourth-order valence-corrected chi connectivity index (χ4v) is 2.83. The van der Waals surface area contributed by atoms with Crippen molar-refractivity contribution in [1.82, 2.24) is 0 Å². The van der Waals surface area contributed by atoms with Crippen LogP contribution >= 0.6 is 0 Å². The highest BCUT2D eigenvalue weighted by Gasteiger charge is 2.50. The second-order valence-corrected chi connectivity index (χ2v) is 6.44. The van der Waals surface area contributed by atoms with Gasteiger partial charge < -0.3 is 24.8 Å². The molecule has 7 heteroatoms. The Kier molecular flexibility index (Phi) is 5.89. The lowest BCUT2D eigenvalue weighted by Crippen LogP contribution is -2.61. The minimum Gasteiger partial charge on any atom is -0.459 e. The number of rotatable bonds is 5. The average Bonchev–Trinajstić information content (AvgIpc) is 2.74. The van der Waals surface area contributed by atoms with E-state index >= 15 is 0 Å². The molecule has 2 aromatic carbocycles. The first-order chi connectivity index (χ1) is 13.4. The van der Waals surface area contributed by atoms with Crippen molar-refractivity contribution in [2.45, 2.75) is 23.9 Å². The molecular weight excluding hydrogens is 364 g/mol. The number of carbonyl (C=O) groups excluding carboxylic acids is 2. The fourth-order valence-electron chi connectivity index (χ4n) is 2.83. The van der Waals surface area contributed by atoms with Crippen LogP contribution in [-0.2, 0) is 9.47 Å². The topological polar surface area (TPSA) is 113 Å². The van der Waals surface area contributed by atoms with Gasteiger partial charge in [-0.15, -0.1) is 0 Å². The van der Waals surface area contributed by atoms with Crippen LogP contribution in [0, 0.1) is 0 Å². The van der Waals surface area contributed by atoms with Gasteiger partial charge in [-0.2, -0.15) is 0 Å². The molecule has 1 aliphatic carbocycles. The quantitative estimate of drug-likeness (QED) is 0.522. The van der Waals surface area contributed by atoms with Gasteiger partial charge in [-0.3, -0.25) is 0 Å². The highest BCUT2D eigenvalue weighted by molar-refractivity contribution is 5.90.